The molecule has 6 nitrogen and oxygen atoms in total. The Morgan fingerprint density at radius 2 is 1.91 bits per heavy atom. The maximum Gasteiger partial charge on any atom is 0.251 e. The molecular weight excluding hydrogens is 448 g/mol. The summed E-state index contributed by atoms with van der Waals surface area (Å²) in [5.41, 5.74) is 3.43. The summed E-state index contributed by atoms with van der Waals surface area (Å²) in [6.07, 6.45) is 6.53. The second-order valence-electron chi connectivity index (χ2n) is 9.29. The van der Waals surface area contributed by atoms with Gasteiger partial charge >= 0.3 is 0 Å². The van der Waals surface area contributed by atoms with Crippen LogP contribution in [0.1, 0.15) is 38.7 Å². The van der Waals surface area contributed by atoms with Crippen LogP contribution in [-0.4, -0.2) is 57.6 Å². The molecule has 35 heavy (non-hydrogen) atoms. The number of carbonyl (C=O) groups is 1. The fourth-order valence-corrected chi connectivity index (χ4v) is 4.89. The Bertz CT molecular complexity index is 1270. The Labute approximate surface area is 203 Å². The summed E-state index contributed by atoms with van der Waals surface area (Å²) in [5, 5.41) is 11.1. The molecule has 1 fully saturated rings. The van der Waals surface area contributed by atoms with E-state index in [9.17, 15) is 13.6 Å². The summed E-state index contributed by atoms with van der Waals surface area (Å²) in [6.45, 7) is 5.64. The quantitative estimate of drug-likeness (QED) is 0.528. The minimum Gasteiger partial charge on any atom is -0.351 e. The first kappa shape index (κ1) is 23.3. The number of carbonyl (C=O) groups excluding carboxylic acids is 1. The van der Waals surface area contributed by atoms with Crippen LogP contribution in [0.5, 0.6) is 0 Å². The smallest absolute Gasteiger partial charge is 0.251 e. The van der Waals surface area contributed by atoms with Crippen LogP contribution < -0.4 is 4.90 Å². The Morgan fingerprint density at radius 3 is 2.60 bits per heavy atom. The van der Waals surface area contributed by atoms with Crippen molar-refractivity contribution in [2.45, 2.75) is 45.1 Å². The molecule has 0 bridgehead atoms. The molecule has 0 unspecified atom stereocenters. The van der Waals surface area contributed by atoms with E-state index < -0.39 is 5.92 Å². The van der Waals surface area contributed by atoms with E-state index in [0.29, 0.717) is 25.2 Å². The highest BCUT2D eigenvalue weighted by Crippen LogP contribution is 2.35. The van der Waals surface area contributed by atoms with Crippen LogP contribution in [-0.2, 0) is 4.79 Å². The van der Waals surface area contributed by atoms with Gasteiger partial charge in [-0.1, -0.05) is 37.3 Å². The summed E-state index contributed by atoms with van der Waals surface area (Å²) in [7, 11) is 0. The number of anilines is 1. The maximum atomic E-state index is 13.5. The fourth-order valence-electron chi connectivity index (χ4n) is 4.89. The number of hydrogen-bond acceptors (Lipinski definition) is 5. The van der Waals surface area contributed by atoms with Gasteiger partial charge in [-0.3, -0.25) is 9.78 Å². The average Bonchev–Trinajstić information content (AvgIpc) is 2.88. The van der Waals surface area contributed by atoms with Gasteiger partial charge in [0.25, 0.3) is 5.92 Å². The summed E-state index contributed by atoms with van der Waals surface area (Å²) >= 11 is 0. The van der Waals surface area contributed by atoms with Crippen molar-refractivity contribution in [1.29, 1.82) is 0 Å². The predicted molar refractivity (Wildman–Crippen MR) is 132 cm³/mol. The molecular formula is C27H28F2N5O. The molecule has 1 saturated heterocycles. The lowest BCUT2D eigenvalue weighted by atomic mass is 9.95. The van der Waals surface area contributed by atoms with Crippen molar-refractivity contribution in [2.75, 3.05) is 24.5 Å². The second-order valence-corrected chi connectivity index (χ2v) is 9.29. The van der Waals surface area contributed by atoms with E-state index in [1.165, 1.54) is 6.08 Å². The van der Waals surface area contributed by atoms with Crippen molar-refractivity contribution < 1.29 is 13.6 Å². The van der Waals surface area contributed by atoms with Crippen LogP contribution in [0.3, 0.4) is 0 Å². The van der Waals surface area contributed by atoms with Crippen molar-refractivity contribution in [3.05, 3.63) is 66.4 Å². The molecule has 181 valence electrons. The monoisotopic (exact) mass is 476 g/mol. The number of pyridine rings is 1. The highest BCUT2D eigenvalue weighted by atomic mass is 19.3. The van der Waals surface area contributed by atoms with E-state index >= 15 is 0 Å². The van der Waals surface area contributed by atoms with Gasteiger partial charge in [-0.25, -0.2) is 8.78 Å². The number of hydrogen-bond donors (Lipinski definition) is 0. The third-order valence-corrected chi connectivity index (χ3v) is 6.95. The number of rotatable bonds is 4. The molecule has 5 rings (SSSR count). The van der Waals surface area contributed by atoms with Gasteiger partial charge in [0.15, 0.2) is 5.82 Å². The Balaban J connectivity index is 1.38. The van der Waals surface area contributed by atoms with Gasteiger partial charge < -0.3 is 9.80 Å². The van der Waals surface area contributed by atoms with Gasteiger partial charge in [0.2, 0.25) is 5.91 Å². The third-order valence-electron chi connectivity index (χ3n) is 6.95. The van der Waals surface area contributed by atoms with E-state index in [0.717, 1.165) is 33.4 Å². The molecule has 1 atom stereocenters. The zero-order valence-electron chi connectivity index (χ0n) is 19.9. The molecule has 0 N–H and O–H groups in total. The predicted octanol–water partition coefficient (Wildman–Crippen LogP) is 5.05. The number of aromatic nitrogens is 3. The highest BCUT2D eigenvalue weighted by molar-refractivity contribution is 6.00. The van der Waals surface area contributed by atoms with Gasteiger partial charge in [0.05, 0.1) is 0 Å². The van der Waals surface area contributed by atoms with Crippen molar-refractivity contribution in [1.82, 2.24) is 20.1 Å². The van der Waals surface area contributed by atoms with Gasteiger partial charge in [0, 0.05) is 72.8 Å². The molecule has 0 saturated carbocycles. The number of alkyl halides is 2. The highest BCUT2D eigenvalue weighted by Gasteiger charge is 2.36. The zero-order chi connectivity index (χ0) is 24.6. The van der Waals surface area contributed by atoms with Crippen LogP contribution in [0.2, 0.25) is 0 Å². The molecule has 1 radical (unpaired) electrons. The molecule has 8 heteroatoms. The normalized spacial score (nSPS) is 20.1. The Morgan fingerprint density at radius 1 is 1.11 bits per heavy atom. The summed E-state index contributed by atoms with van der Waals surface area (Å²) in [4.78, 5) is 21.3. The first-order valence-electron chi connectivity index (χ1n) is 12.0. The van der Waals surface area contributed by atoms with E-state index in [1.54, 1.807) is 11.1 Å². The van der Waals surface area contributed by atoms with Crippen molar-refractivity contribution in [2.24, 2.45) is 0 Å². The molecule has 3 heterocycles. The molecule has 2 aromatic heterocycles. The van der Waals surface area contributed by atoms with Crippen molar-refractivity contribution in [3.63, 3.8) is 0 Å². The lowest BCUT2D eigenvalue weighted by Crippen LogP contribution is -2.54. The van der Waals surface area contributed by atoms with Crippen LogP contribution in [0.15, 0.2) is 54.4 Å². The minimum absolute atomic E-state index is 0.0920. The fraction of sp³-hybridized carbons (Fsp3) is 0.370. The molecule has 0 spiro atoms. The van der Waals surface area contributed by atoms with Gasteiger partial charge in [-0.15, -0.1) is 10.2 Å². The van der Waals surface area contributed by atoms with Gasteiger partial charge in [-0.05, 0) is 31.4 Å². The molecule has 3 aromatic rings. The lowest BCUT2D eigenvalue weighted by Gasteiger charge is -2.41. The maximum absolute atomic E-state index is 13.5. The number of nitrogens with zero attached hydrogens (tertiary/aromatic N) is 5. The summed E-state index contributed by atoms with van der Waals surface area (Å²) < 4.78 is 27.0. The topological polar surface area (TPSA) is 62.2 Å². The molecule has 1 aromatic carbocycles. The van der Waals surface area contributed by atoms with Crippen LogP contribution in [0.4, 0.5) is 14.6 Å². The number of allylic oxidation sites excluding steroid dienone is 1. The number of piperazine rings is 1. The van der Waals surface area contributed by atoms with Gasteiger partial charge in [-0.2, -0.15) is 0 Å². The first-order valence-corrected chi connectivity index (χ1v) is 12.0. The summed E-state index contributed by atoms with van der Waals surface area (Å²) in [6, 6.07) is 10.1. The number of benzene rings is 1. The number of fused-ring (bicyclic) bond motifs is 1. The van der Waals surface area contributed by atoms with Crippen molar-refractivity contribution in [3.8, 4) is 11.3 Å². The van der Waals surface area contributed by atoms with E-state index in [4.69, 9.17) is 0 Å². The second kappa shape index (κ2) is 9.32. The molecule has 1 aliphatic heterocycles. The molecule has 1 aliphatic carbocycles. The standard InChI is InChI=1S/C27H28F2N5O/c1-3-19-4-6-20(7-5-19)24-22-10-13-30-16-23(22)25(32-31-24)33-14-15-34(18(2)17-33)26(35)21-8-11-27(28,29)12-9-21/h3-8,10,13,16,18H,9,11-12,14-15,17H2,1-2H3/t18-/m0/s1. The van der Waals surface area contributed by atoms with Gasteiger partial charge in [0.1, 0.15) is 5.69 Å². The minimum atomic E-state index is -2.70. The average molecular weight is 477 g/mol. The van der Waals surface area contributed by atoms with E-state index in [1.807, 2.05) is 44.7 Å². The van der Waals surface area contributed by atoms with Crippen LogP contribution in [0.25, 0.3) is 22.0 Å². The lowest BCUT2D eigenvalue weighted by molar-refractivity contribution is -0.130. The first-order chi connectivity index (χ1) is 16.9. The van der Waals surface area contributed by atoms with Crippen LogP contribution in [0, 0.1) is 6.42 Å². The van der Waals surface area contributed by atoms with Crippen molar-refractivity contribution >= 4 is 22.5 Å². The largest absolute Gasteiger partial charge is 0.351 e. The van der Waals surface area contributed by atoms with E-state index in [-0.39, 0.29) is 31.2 Å². The van der Waals surface area contributed by atoms with E-state index in [2.05, 4.69) is 32.2 Å². The van der Waals surface area contributed by atoms with Crippen LogP contribution >= 0.6 is 0 Å². The Kier molecular flexibility index (Phi) is 6.21. The number of amides is 1. The molecule has 1 amide bonds. The SMILES string of the molecule is C[CH]c1ccc(-c2nnc(N3CCN(C(=O)C4=CCC(F)(F)CC4)[C@@H](C)C3)c3cnccc23)cc1. The zero-order valence-corrected chi connectivity index (χ0v) is 19.9. The number of halogens is 2. The molecule has 2 aliphatic rings. The Hall–Kier alpha value is -3.42. The summed E-state index contributed by atoms with van der Waals surface area (Å²) in [5.74, 6) is -2.09. The third kappa shape index (κ3) is 4.61.